The molecule has 3 rings (SSSR count). The van der Waals surface area contributed by atoms with Crippen molar-refractivity contribution in [2.24, 2.45) is 0 Å². The molecule has 0 fully saturated rings. The lowest BCUT2D eigenvalue weighted by Gasteiger charge is -2.21. The Morgan fingerprint density at radius 2 is 1.95 bits per heavy atom. The number of nitrogens with zero attached hydrogens (tertiary/aromatic N) is 2. The second-order valence-electron chi connectivity index (χ2n) is 5.94. The Hall–Kier alpha value is -2.03. The molecule has 0 amide bonds. The van der Waals surface area contributed by atoms with Gasteiger partial charge in [-0.15, -0.1) is 0 Å². The topological polar surface area (TPSA) is 28.2 Å². The van der Waals surface area contributed by atoms with E-state index in [4.69, 9.17) is 0 Å². The van der Waals surface area contributed by atoms with Crippen LogP contribution in [0.2, 0.25) is 0 Å². The molecule has 21 heavy (non-hydrogen) atoms. The fourth-order valence-corrected chi connectivity index (χ4v) is 3.01. The smallest absolute Gasteiger partial charge is 0.128 e. The third-order valence-electron chi connectivity index (χ3n) is 4.17. The minimum absolute atomic E-state index is 0.399. The molecule has 1 aromatic heterocycles. The predicted octanol–water partition coefficient (Wildman–Crippen LogP) is 4.03. The Labute approximate surface area is 127 Å². The van der Waals surface area contributed by atoms with Crippen LogP contribution in [-0.4, -0.2) is 19.1 Å². The fourth-order valence-electron chi connectivity index (χ4n) is 3.01. The van der Waals surface area contributed by atoms with Crippen molar-refractivity contribution in [3.63, 3.8) is 0 Å². The molecule has 0 aliphatic heterocycles. The van der Waals surface area contributed by atoms with Gasteiger partial charge in [0, 0.05) is 14.1 Å². The highest BCUT2D eigenvalue weighted by atomic mass is 15.1. The minimum Gasteiger partial charge on any atom is -0.377 e. The number of anilines is 2. The van der Waals surface area contributed by atoms with Gasteiger partial charge in [-0.3, -0.25) is 0 Å². The molecular weight excluding hydrogens is 258 g/mol. The van der Waals surface area contributed by atoms with Crippen molar-refractivity contribution in [2.45, 2.75) is 31.7 Å². The normalized spacial score (nSPS) is 17.7. The molecule has 3 nitrogen and oxygen atoms in total. The van der Waals surface area contributed by atoms with Crippen molar-refractivity contribution in [3.8, 4) is 0 Å². The highest BCUT2D eigenvalue weighted by Gasteiger charge is 2.18. The number of hydrogen-bond donors (Lipinski definition) is 1. The van der Waals surface area contributed by atoms with Crippen LogP contribution < -0.4 is 10.2 Å². The highest BCUT2D eigenvalue weighted by molar-refractivity contribution is 5.50. The summed E-state index contributed by atoms with van der Waals surface area (Å²) in [5.74, 6) is 0.988. The number of rotatable bonds is 3. The van der Waals surface area contributed by atoms with Crippen molar-refractivity contribution < 1.29 is 0 Å². The van der Waals surface area contributed by atoms with Gasteiger partial charge in [0.05, 0.1) is 17.9 Å². The van der Waals surface area contributed by atoms with Crippen LogP contribution in [0.3, 0.4) is 0 Å². The van der Waals surface area contributed by atoms with Crippen LogP contribution in [0.15, 0.2) is 42.6 Å². The predicted molar refractivity (Wildman–Crippen MR) is 88.9 cm³/mol. The lowest BCUT2D eigenvalue weighted by atomic mass is 9.99. The monoisotopic (exact) mass is 281 g/mol. The number of fused-ring (bicyclic) bond motifs is 1. The first kappa shape index (κ1) is 13.9. The molecule has 0 radical (unpaired) electrons. The molecule has 0 saturated heterocycles. The van der Waals surface area contributed by atoms with E-state index >= 15 is 0 Å². The van der Waals surface area contributed by atoms with Crippen LogP contribution >= 0.6 is 0 Å². The van der Waals surface area contributed by atoms with Crippen LogP contribution in [0, 0.1) is 0 Å². The van der Waals surface area contributed by atoms with Crippen molar-refractivity contribution in [1.29, 1.82) is 0 Å². The van der Waals surface area contributed by atoms with Crippen molar-refractivity contribution in [2.75, 3.05) is 24.3 Å². The summed E-state index contributed by atoms with van der Waals surface area (Å²) in [5.41, 5.74) is 4.04. The average molecular weight is 281 g/mol. The lowest BCUT2D eigenvalue weighted by Crippen LogP contribution is -2.13. The molecule has 1 aliphatic rings. The summed E-state index contributed by atoms with van der Waals surface area (Å²) in [5, 5.41) is 3.66. The Kier molecular flexibility index (Phi) is 4.09. The molecule has 1 heterocycles. The number of benzene rings is 1. The van der Waals surface area contributed by atoms with E-state index in [1.54, 1.807) is 0 Å². The van der Waals surface area contributed by atoms with Gasteiger partial charge in [-0.1, -0.05) is 30.7 Å². The van der Waals surface area contributed by atoms with E-state index in [9.17, 15) is 0 Å². The third kappa shape index (κ3) is 3.18. The van der Waals surface area contributed by atoms with Gasteiger partial charge in [-0.25, -0.2) is 4.98 Å². The van der Waals surface area contributed by atoms with E-state index in [1.807, 2.05) is 25.2 Å². The van der Waals surface area contributed by atoms with E-state index in [2.05, 4.69) is 46.7 Å². The quantitative estimate of drug-likeness (QED) is 0.861. The highest BCUT2D eigenvalue weighted by Crippen LogP contribution is 2.31. The van der Waals surface area contributed by atoms with E-state index in [1.165, 1.54) is 36.8 Å². The third-order valence-corrected chi connectivity index (χ3v) is 4.17. The SMILES string of the molecule is CN(C)c1ccc(NC2CCCCc3ccccc32)cn1. The summed E-state index contributed by atoms with van der Waals surface area (Å²) >= 11 is 0. The van der Waals surface area contributed by atoms with Gasteiger partial charge in [0.1, 0.15) is 5.82 Å². The number of nitrogens with one attached hydrogen (secondary N) is 1. The van der Waals surface area contributed by atoms with E-state index < -0.39 is 0 Å². The second-order valence-corrected chi connectivity index (χ2v) is 5.94. The van der Waals surface area contributed by atoms with Crippen molar-refractivity contribution >= 4 is 11.5 Å². The Bertz CT molecular complexity index is 590. The summed E-state index contributed by atoms with van der Waals surface area (Å²) in [6.07, 6.45) is 6.88. The zero-order chi connectivity index (χ0) is 14.7. The first-order valence-corrected chi connectivity index (χ1v) is 7.72. The first-order valence-electron chi connectivity index (χ1n) is 7.72. The summed E-state index contributed by atoms with van der Waals surface area (Å²) in [4.78, 5) is 6.51. The molecule has 3 heteroatoms. The van der Waals surface area contributed by atoms with E-state index in [0.29, 0.717) is 6.04 Å². The summed E-state index contributed by atoms with van der Waals surface area (Å²) in [6, 6.07) is 13.4. The van der Waals surface area contributed by atoms with E-state index in [0.717, 1.165) is 11.5 Å². The van der Waals surface area contributed by atoms with Crippen LogP contribution in [0.25, 0.3) is 0 Å². The van der Waals surface area contributed by atoms with E-state index in [-0.39, 0.29) is 0 Å². The standard InChI is InChI=1S/C18H23N3/c1-21(2)18-12-11-15(13-19-18)20-17-10-6-4-8-14-7-3-5-9-16(14)17/h3,5,7,9,11-13,17,20H,4,6,8,10H2,1-2H3. The number of pyridine rings is 1. The van der Waals surface area contributed by atoms with Gasteiger partial charge in [0.2, 0.25) is 0 Å². The van der Waals surface area contributed by atoms with Crippen LogP contribution in [0.1, 0.15) is 36.4 Å². The van der Waals surface area contributed by atoms with Gasteiger partial charge in [-0.05, 0) is 42.5 Å². The molecule has 2 aromatic rings. The molecule has 110 valence electrons. The van der Waals surface area contributed by atoms with Crippen LogP contribution in [0.4, 0.5) is 11.5 Å². The first-order chi connectivity index (χ1) is 10.2. The van der Waals surface area contributed by atoms with Crippen LogP contribution in [0.5, 0.6) is 0 Å². The summed E-state index contributed by atoms with van der Waals surface area (Å²) in [7, 11) is 4.02. The van der Waals surface area contributed by atoms with Gasteiger partial charge in [0.15, 0.2) is 0 Å². The summed E-state index contributed by atoms with van der Waals surface area (Å²) in [6.45, 7) is 0. The number of aryl methyl sites for hydroxylation is 1. The second kappa shape index (κ2) is 6.17. The summed E-state index contributed by atoms with van der Waals surface area (Å²) < 4.78 is 0. The Morgan fingerprint density at radius 3 is 2.71 bits per heavy atom. The molecular formula is C18H23N3. The lowest BCUT2D eigenvalue weighted by molar-refractivity contribution is 0.644. The number of hydrogen-bond acceptors (Lipinski definition) is 3. The van der Waals surface area contributed by atoms with Gasteiger partial charge in [-0.2, -0.15) is 0 Å². The molecule has 0 spiro atoms. The largest absolute Gasteiger partial charge is 0.377 e. The molecule has 0 saturated carbocycles. The Morgan fingerprint density at radius 1 is 1.10 bits per heavy atom. The maximum Gasteiger partial charge on any atom is 0.128 e. The fraction of sp³-hybridized carbons (Fsp3) is 0.389. The molecule has 1 unspecified atom stereocenters. The van der Waals surface area contributed by atoms with Gasteiger partial charge in [0.25, 0.3) is 0 Å². The molecule has 0 bridgehead atoms. The maximum absolute atomic E-state index is 4.49. The van der Waals surface area contributed by atoms with Crippen LogP contribution in [-0.2, 0) is 6.42 Å². The molecule has 1 N–H and O–H groups in total. The van der Waals surface area contributed by atoms with Gasteiger partial charge >= 0.3 is 0 Å². The van der Waals surface area contributed by atoms with Crippen molar-refractivity contribution in [1.82, 2.24) is 4.98 Å². The maximum atomic E-state index is 4.49. The minimum atomic E-state index is 0.399. The molecule has 1 aromatic carbocycles. The Balaban J connectivity index is 1.81. The number of aromatic nitrogens is 1. The zero-order valence-corrected chi connectivity index (χ0v) is 12.8. The molecule has 1 aliphatic carbocycles. The van der Waals surface area contributed by atoms with Crippen molar-refractivity contribution in [3.05, 3.63) is 53.7 Å². The molecule has 1 atom stereocenters. The van der Waals surface area contributed by atoms with Gasteiger partial charge < -0.3 is 10.2 Å². The average Bonchev–Trinajstić information content (AvgIpc) is 2.71. The zero-order valence-electron chi connectivity index (χ0n) is 12.8.